The maximum Gasteiger partial charge on any atom is 0.293 e. The smallest absolute Gasteiger partial charge is 0.293 e. The van der Waals surface area contributed by atoms with E-state index in [1.54, 1.807) is 24.4 Å². The van der Waals surface area contributed by atoms with Gasteiger partial charge in [0.15, 0.2) is 0 Å². The van der Waals surface area contributed by atoms with Crippen LogP contribution in [0.1, 0.15) is 5.69 Å². The highest BCUT2D eigenvalue weighted by Gasteiger charge is 2.09. The maximum atomic E-state index is 10.2. The van der Waals surface area contributed by atoms with Crippen molar-refractivity contribution in [2.75, 3.05) is 0 Å². The molecule has 0 spiro atoms. The molecule has 0 saturated heterocycles. The van der Waals surface area contributed by atoms with Gasteiger partial charge in [0.1, 0.15) is 29.5 Å². The number of para-hydroxylation sites is 1. The van der Waals surface area contributed by atoms with Gasteiger partial charge < -0.3 is 14.6 Å². The average molecular weight is 295 g/mol. The Hall–Kier alpha value is -3.08. The topological polar surface area (TPSA) is 68.7 Å². The van der Waals surface area contributed by atoms with E-state index in [2.05, 4.69) is 9.72 Å². The first kappa shape index (κ1) is 13.9. The van der Waals surface area contributed by atoms with Crippen molar-refractivity contribution < 1.29 is 19.4 Å². The van der Waals surface area contributed by atoms with Crippen molar-refractivity contribution >= 4 is 17.2 Å². The van der Waals surface area contributed by atoms with E-state index in [1.165, 1.54) is 0 Å². The lowest BCUT2D eigenvalue weighted by Crippen LogP contribution is -1.95. The molecule has 3 rings (SSSR count). The minimum absolute atomic E-state index is 0.00520. The van der Waals surface area contributed by atoms with Crippen molar-refractivity contribution in [2.45, 2.75) is 6.61 Å². The monoisotopic (exact) mass is 295 g/mol. The van der Waals surface area contributed by atoms with Crippen LogP contribution < -0.4 is 4.74 Å². The molecule has 3 aromatic rings. The number of hydrogen-bond acceptors (Lipinski definition) is 5. The van der Waals surface area contributed by atoms with Crippen LogP contribution in [-0.4, -0.2) is 16.6 Å². The lowest BCUT2D eigenvalue weighted by Gasteiger charge is -2.09. The molecule has 0 radical (unpaired) electrons. The van der Waals surface area contributed by atoms with Crippen LogP contribution in [0, 0.1) is 0 Å². The zero-order valence-corrected chi connectivity index (χ0v) is 11.6. The molecule has 0 unspecified atom stereocenters. The summed E-state index contributed by atoms with van der Waals surface area (Å²) in [5.41, 5.74) is 0.316. The van der Waals surface area contributed by atoms with E-state index in [-0.39, 0.29) is 12.4 Å². The van der Waals surface area contributed by atoms with Gasteiger partial charge in [0.2, 0.25) is 0 Å². The number of carbonyl (C=O) groups excluding carboxylic acids is 1. The van der Waals surface area contributed by atoms with Crippen LogP contribution in [0.15, 0.2) is 54.7 Å². The molecule has 2 aromatic carbocycles. The first-order valence-corrected chi connectivity index (χ1v) is 6.66. The highest BCUT2D eigenvalue weighted by molar-refractivity contribution is 5.89. The summed E-state index contributed by atoms with van der Waals surface area (Å²) in [6.45, 7) is 0.260. The van der Waals surface area contributed by atoms with Gasteiger partial charge in [-0.05, 0) is 30.3 Å². The van der Waals surface area contributed by atoms with E-state index in [1.807, 2.05) is 30.3 Å². The second-order valence-corrected chi connectivity index (χ2v) is 4.62. The first-order valence-electron chi connectivity index (χ1n) is 6.66. The van der Waals surface area contributed by atoms with Crippen LogP contribution in [0.25, 0.3) is 10.8 Å². The van der Waals surface area contributed by atoms with Crippen LogP contribution in [0.3, 0.4) is 0 Å². The number of carbonyl (C=O) groups is 1. The average Bonchev–Trinajstić information content (AvgIpc) is 2.55. The maximum absolute atomic E-state index is 10.2. The van der Waals surface area contributed by atoms with Crippen LogP contribution in [0.4, 0.5) is 0 Å². The normalized spacial score (nSPS) is 10.4. The highest BCUT2D eigenvalue weighted by atomic mass is 16.5. The number of nitrogens with zero attached hydrogens (tertiary/aromatic N) is 1. The molecule has 110 valence electrons. The second kappa shape index (κ2) is 6.13. The van der Waals surface area contributed by atoms with Gasteiger partial charge in [0.05, 0.1) is 0 Å². The summed E-state index contributed by atoms with van der Waals surface area (Å²) in [6.07, 6.45) is 1.61. The van der Waals surface area contributed by atoms with Crippen LogP contribution in [-0.2, 0) is 16.1 Å². The van der Waals surface area contributed by atoms with E-state index in [4.69, 9.17) is 4.74 Å². The van der Waals surface area contributed by atoms with Crippen LogP contribution in [0.2, 0.25) is 0 Å². The van der Waals surface area contributed by atoms with E-state index >= 15 is 0 Å². The summed E-state index contributed by atoms with van der Waals surface area (Å²) in [7, 11) is 0. The van der Waals surface area contributed by atoms with Gasteiger partial charge in [-0.15, -0.1) is 0 Å². The predicted molar refractivity (Wildman–Crippen MR) is 80.8 cm³/mol. The Kier molecular flexibility index (Phi) is 3.87. The van der Waals surface area contributed by atoms with Gasteiger partial charge in [0, 0.05) is 17.0 Å². The third kappa shape index (κ3) is 2.83. The molecule has 0 aliphatic carbocycles. The minimum Gasteiger partial charge on any atom is -0.505 e. The van der Waals surface area contributed by atoms with E-state index < -0.39 is 0 Å². The van der Waals surface area contributed by atoms with Crippen molar-refractivity contribution in [3.8, 4) is 17.2 Å². The molecule has 0 atom stereocenters. The number of aromatic hydroxyl groups is 1. The van der Waals surface area contributed by atoms with Gasteiger partial charge in [-0.1, -0.05) is 18.2 Å². The Morgan fingerprint density at radius 2 is 1.91 bits per heavy atom. The molecule has 1 heterocycles. The molecule has 1 aromatic heterocycles. The first-order chi connectivity index (χ1) is 10.8. The fourth-order valence-electron chi connectivity index (χ4n) is 2.13. The molecule has 0 bridgehead atoms. The Balaban J connectivity index is 1.92. The number of rotatable bonds is 5. The molecule has 0 aliphatic heterocycles. The Labute approximate surface area is 126 Å². The summed E-state index contributed by atoms with van der Waals surface area (Å²) in [5.74, 6) is 1.39. The number of ether oxygens (including phenoxy) is 2. The Morgan fingerprint density at radius 1 is 1.09 bits per heavy atom. The third-order valence-corrected chi connectivity index (χ3v) is 3.18. The van der Waals surface area contributed by atoms with Crippen molar-refractivity contribution in [1.82, 2.24) is 4.98 Å². The minimum atomic E-state index is -0.0620. The van der Waals surface area contributed by atoms with Crippen molar-refractivity contribution in [1.29, 1.82) is 0 Å². The van der Waals surface area contributed by atoms with Crippen LogP contribution >= 0.6 is 0 Å². The second-order valence-electron chi connectivity index (χ2n) is 4.62. The summed E-state index contributed by atoms with van der Waals surface area (Å²) in [4.78, 5) is 14.3. The largest absolute Gasteiger partial charge is 0.505 e. The molecule has 5 nitrogen and oxygen atoms in total. The fraction of sp³-hybridized carbons (Fsp3) is 0.0588. The van der Waals surface area contributed by atoms with E-state index in [0.29, 0.717) is 23.3 Å². The van der Waals surface area contributed by atoms with E-state index in [0.717, 1.165) is 11.1 Å². The lowest BCUT2D eigenvalue weighted by molar-refractivity contribution is -0.129. The third-order valence-electron chi connectivity index (χ3n) is 3.18. The zero-order chi connectivity index (χ0) is 15.4. The molecule has 5 heteroatoms. The van der Waals surface area contributed by atoms with Gasteiger partial charge in [0.25, 0.3) is 6.47 Å². The number of benzene rings is 2. The van der Waals surface area contributed by atoms with E-state index in [9.17, 15) is 9.90 Å². The summed E-state index contributed by atoms with van der Waals surface area (Å²) < 4.78 is 10.4. The quantitative estimate of drug-likeness (QED) is 0.730. The Morgan fingerprint density at radius 3 is 2.68 bits per heavy atom. The zero-order valence-electron chi connectivity index (χ0n) is 11.6. The van der Waals surface area contributed by atoms with Gasteiger partial charge in [-0.2, -0.15) is 0 Å². The molecule has 22 heavy (non-hydrogen) atoms. The van der Waals surface area contributed by atoms with Gasteiger partial charge in [-0.25, -0.2) is 0 Å². The molecule has 0 amide bonds. The number of fused-ring (bicyclic) bond motifs is 1. The molecular formula is C17H13NO4. The standard InChI is InChI=1S/C17H13NO4/c19-11-21-10-16-17(20)15-7-6-14(8-12(15)9-18-16)22-13-4-2-1-3-5-13/h1-9,11,20H,10H2. The van der Waals surface area contributed by atoms with Crippen molar-refractivity contribution in [3.05, 3.63) is 60.4 Å². The predicted octanol–water partition coefficient (Wildman–Crippen LogP) is 3.41. The SMILES string of the molecule is O=COCc1ncc2cc(Oc3ccccc3)ccc2c1O. The summed E-state index contributed by atoms with van der Waals surface area (Å²) >= 11 is 0. The lowest BCUT2D eigenvalue weighted by atomic mass is 10.1. The summed E-state index contributed by atoms with van der Waals surface area (Å²) in [5, 5.41) is 11.5. The van der Waals surface area contributed by atoms with Gasteiger partial charge >= 0.3 is 0 Å². The number of pyridine rings is 1. The molecule has 0 saturated carbocycles. The molecule has 0 aliphatic rings. The molecule has 1 N–H and O–H groups in total. The van der Waals surface area contributed by atoms with Crippen molar-refractivity contribution in [2.24, 2.45) is 0 Å². The van der Waals surface area contributed by atoms with Crippen LogP contribution in [0.5, 0.6) is 17.2 Å². The highest BCUT2D eigenvalue weighted by Crippen LogP contribution is 2.31. The van der Waals surface area contributed by atoms with Crippen molar-refractivity contribution in [3.63, 3.8) is 0 Å². The number of aromatic nitrogens is 1. The fourth-order valence-corrected chi connectivity index (χ4v) is 2.13. The molecular weight excluding hydrogens is 282 g/mol. The van der Waals surface area contributed by atoms with Gasteiger partial charge in [-0.3, -0.25) is 9.78 Å². The number of hydrogen-bond donors (Lipinski definition) is 1. The summed E-state index contributed by atoms with van der Waals surface area (Å²) in [6, 6.07) is 14.7. The Bertz CT molecular complexity index is 802. The molecule has 0 fully saturated rings.